The first-order valence-corrected chi connectivity index (χ1v) is 6.32. The molecule has 0 fully saturated rings. The van der Waals surface area contributed by atoms with Crippen molar-refractivity contribution < 1.29 is 68.1 Å². The van der Waals surface area contributed by atoms with E-state index in [1.165, 1.54) is 0 Å². The summed E-state index contributed by atoms with van der Waals surface area (Å²) in [5, 5.41) is 2.54. The first-order valence-electron chi connectivity index (χ1n) is 6.32. The molecule has 1 aromatic rings. The van der Waals surface area contributed by atoms with Crippen molar-refractivity contribution >= 4 is 11.9 Å². The van der Waals surface area contributed by atoms with Crippen molar-refractivity contribution in [2.45, 2.75) is 32.9 Å². The quantitative estimate of drug-likeness (QED) is 0.555. The normalized spacial score (nSPS) is 10.3. The van der Waals surface area contributed by atoms with Crippen molar-refractivity contribution in [2.24, 2.45) is 5.92 Å². The van der Waals surface area contributed by atoms with E-state index in [9.17, 15) is 9.59 Å². The number of hydrogen-bond acceptors (Lipinski definition) is 3. The Morgan fingerprint density at radius 3 is 2.23 bits per heavy atom. The van der Waals surface area contributed by atoms with E-state index in [1.807, 2.05) is 44.2 Å². The molecule has 0 aliphatic heterocycles. The number of nitrogens with one attached hydrogen (secondary N) is 1. The number of ether oxygens (including phenoxy) is 1. The van der Waals surface area contributed by atoms with E-state index in [1.54, 1.807) is 0 Å². The van der Waals surface area contributed by atoms with Crippen LogP contribution in [0.15, 0.2) is 30.3 Å². The van der Waals surface area contributed by atoms with E-state index >= 15 is 0 Å². The van der Waals surface area contributed by atoms with Crippen LogP contribution in [-0.4, -0.2) is 17.9 Å². The molecule has 0 saturated carbocycles. The molecular weight excluding hydrogens is 527 g/mol. The molecule has 4 nitrogen and oxygen atoms in total. The van der Waals surface area contributed by atoms with Gasteiger partial charge in [0, 0.05) is 59.6 Å². The second-order valence-electron chi connectivity index (χ2n) is 4.85. The summed E-state index contributed by atoms with van der Waals surface area (Å²) in [6, 6.07) is 8.79. The maximum absolute atomic E-state index is 11.6. The van der Waals surface area contributed by atoms with E-state index in [2.05, 4.69) is 12.2 Å². The third-order valence-corrected chi connectivity index (χ3v) is 2.60. The second-order valence-corrected chi connectivity index (χ2v) is 4.85. The predicted molar refractivity (Wildman–Crippen MR) is 79.8 cm³/mol. The van der Waals surface area contributed by atoms with Crippen LogP contribution in [0.25, 0.3) is 0 Å². The van der Waals surface area contributed by atoms with Gasteiger partial charge in [-0.1, -0.05) is 44.2 Å². The Balaban J connectivity index is -0.00000120. The third-order valence-electron chi connectivity index (χ3n) is 2.60. The van der Waals surface area contributed by atoms with Crippen LogP contribution in [0.5, 0.6) is 0 Å². The molecule has 1 radical (unpaired) electrons. The summed E-state index contributed by atoms with van der Waals surface area (Å²) in [5.74, 6) is -0.00418. The summed E-state index contributed by atoms with van der Waals surface area (Å²) in [4.78, 5) is 22.9. The predicted octanol–water partition coefficient (Wildman–Crippen LogP) is 3.18. The molecule has 0 bridgehead atoms. The molecule has 0 aromatic heterocycles. The Morgan fingerprint density at radius 1 is 1.23 bits per heavy atom. The fourth-order valence-corrected chi connectivity index (χ4v) is 1.65. The fourth-order valence-electron chi connectivity index (χ4n) is 1.65. The Morgan fingerprint density at radius 2 is 1.77 bits per heavy atom. The van der Waals surface area contributed by atoms with Crippen molar-refractivity contribution in [3.63, 3.8) is 0 Å². The molecule has 121 valence electrons. The molecule has 0 spiro atoms. The van der Waals surface area contributed by atoms with E-state index in [4.69, 9.17) is 4.74 Å². The average molecular weight is 550 g/mol. The fraction of sp³-hybridized carbons (Fsp3) is 0.375. The maximum atomic E-state index is 11.6. The number of Topliss-reactive ketones (excluding diaryl/α,β-unsaturated/α-hetero) is 1. The Hall–Kier alpha value is -0.178. The van der Waals surface area contributed by atoms with Crippen molar-refractivity contribution in [1.29, 1.82) is 0 Å². The van der Waals surface area contributed by atoms with Crippen molar-refractivity contribution in [1.82, 2.24) is 5.32 Å². The van der Waals surface area contributed by atoms with Crippen LogP contribution in [0, 0.1) is 20.3 Å². The second kappa shape index (κ2) is 14.4. The van der Waals surface area contributed by atoms with Gasteiger partial charge >= 0.3 is 6.09 Å². The molecule has 1 aromatic carbocycles. The minimum Gasteiger partial charge on any atom is -0.445 e. The Labute approximate surface area is 173 Å². The molecule has 0 aliphatic rings. The summed E-state index contributed by atoms with van der Waals surface area (Å²) in [6.45, 7) is 7.50. The number of hydrogen-bond donors (Lipinski definition) is 1. The van der Waals surface area contributed by atoms with Crippen LogP contribution in [0.2, 0.25) is 0 Å². The number of carbonyl (C=O) groups is 2. The van der Waals surface area contributed by atoms with Crippen LogP contribution in [-0.2, 0) is 69.9 Å². The Bertz CT molecular complexity index is 427. The van der Waals surface area contributed by atoms with Crippen molar-refractivity contribution in [3.8, 4) is 0 Å². The molecule has 1 rings (SSSR count). The van der Waals surface area contributed by atoms with Gasteiger partial charge < -0.3 is 29.2 Å². The first kappa shape index (κ1) is 26.7. The molecule has 0 aliphatic carbocycles. The minimum absolute atomic E-state index is 0. The molecule has 1 atom stereocenters. The summed E-state index contributed by atoms with van der Waals surface area (Å²) in [5.41, 5.74) is 0.902. The molecule has 0 unspecified atom stereocenters. The Kier molecular flexibility index (Phi) is 17.5. The molecule has 1 N–H and O–H groups in total. The van der Waals surface area contributed by atoms with Crippen molar-refractivity contribution in [3.05, 3.63) is 50.2 Å². The third kappa shape index (κ3) is 11.4. The van der Waals surface area contributed by atoms with Gasteiger partial charge in [-0.2, -0.15) is 0 Å². The van der Waals surface area contributed by atoms with Gasteiger partial charge in [0.25, 0.3) is 0 Å². The number of amides is 1. The number of rotatable bonds is 6. The molecule has 1 amide bonds. The molecule has 0 heterocycles. The summed E-state index contributed by atoms with van der Waals surface area (Å²) < 4.78 is 5.06. The van der Waals surface area contributed by atoms with Gasteiger partial charge in [0.05, 0.1) is 6.04 Å². The van der Waals surface area contributed by atoms with E-state index < -0.39 is 12.1 Å². The number of alkyl carbamates (subject to hydrolysis) is 1. The van der Waals surface area contributed by atoms with E-state index in [0.29, 0.717) is 12.3 Å². The first-order chi connectivity index (χ1) is 8.99. The van der Waals surface area contributed by atoms with Crippen LogP contribution in [0.4, 0.5) is 4.79 Å². The SMILES string of the molecule is [CH2-]C(=O)[C@H](CC(C)C)NC(=O)OCc1ccccc1.[CH3-].[W].[Y]. The van der Waals surface area contributed by atoms with Gasteiger partial charge in [0.1, 0.15) is 6.61 Å². The van der Waals surface area contributed by atoms with Gasteiger partial charge in [-0.3, -0.25) is 0 Å². The van der Waals surface area contributed by atoms with Crippen molar-refractivity contribution in [2.75, 3.05) is 0 Å². The zero-order chi connectivity index (χ0) is 14.3. The van der Waals surface area contributed by atoms with Gasteiger partial charge in [-0.25, -0.2) is 4.79 Å². The zero-order valence-corrected chi connectivity index (χ0v) is 19.1. The standard InChI is InChI=1S/C15H20NO3.CH3.W.Y/c1-11(2)9-14(12(3)17)16-15(18)19-10-13-7-5-4-6-8-13;;;/h4-8,11,14H,3,9-10H2,1-2H3,(H,16,18);1H3;;/q2*-1;;/t14-;;;/m0.../s1. The van der Waals surface area contributed by atoms with E-state index in [-0.39, 0.29) is 73.6 Å². The largest absolute Gasteiger partial charge is 0.445 e. The number of carbonyl (C=O) groups excluding carboxylic acids is 2. The van der Waals surface area contributed by atoms with Gasteiger partial charge in [-0.15, -0.1) is 0 Å². The van der Waals surface area contributed by atoms with Gasteiger partial charge in [0.2, 0.25) is 0 Å². The average Bonchev–Trinajstić information content (AvgIpc) is 2.36. The number of benzene rings is 1. The smallest absolute Gasteiger partial charge is 0.407 e. The molecule has 0 saturated heterocycles. The van der Waals surface area contributed by atoms with Crippen LogP contribution in [0.1, 0.15) is 25.8 Å². The van der Waals surface area contributed by atoms with E-state index in [0.717, 1.165) is 5.56 Å². The van der Waals surface area contributed by atoms with Crippen LogP contribution < -0.4 is 5.32 Å². The van der Waals surface area contributed by atoms with Crippen LogP contribution in [0.3, 0.4) is 0 Å². The van der Waals surface area contributed by atoms with Gasteiger partial charge in [0.15, 0.2) is 0 Å². The topological polar surface area (TPSA) is 55.4 Å². The maximum Gasteiger partial charge on any atom is 0.407 e. The minimum atomic E-state index is -0.591. The number of ketones is 1. The molecular formula is C16H23NO3WY-2. The van der Waals surface area contributed by atoms with Gasteiger partial charge in [-0.05, 0) is 17.9 Å². The molecule has 22 heavy (non-hydrogen) atoms. The summed E-state index contributed by atoms with van der Waals surface area (Å²) >= 11 is 0. The zero-order valence-electron chi connectivity index (χ0n) is 13.4. The molecule has 6 heteroatoms. The summed E-state index contributed by atoms with van der Waals surface area (Å²) in [7, 11) is 0. The van der Waals surface area contributed by atoms with Crippen LogP contribution >= 0.6 is 0 Å². The summed E-state index contributed by atoms with van der Waals surface area (Å²) in [6.07, 6.45) is -0.0329. The monoisotopic (exact) mass is 550 g/mol.